The Morgan fingerprint density at radius 3 is 2.61 bits per heavy atom. The third-order valence-corrected chi connectivity index (χ3v) is 3.33. The van der Waals surface area contributed by atoms with Gasteiger partial charge < -0.3 is 4.57 Å². The van der Waals surface area contributed by atoms with Crippen LogP contribution >= 0.6 is 0 Å². The number of pyridine rings is 1. The third kappa shape index (κ3) is 3.68. The van der Waals surface area contributed by atoms with Crippen molar-refractivity contribution < 1.29 is 4.92 Å². The number of nitro groups is 1. The second-order valence-corrected chi connectivity index (χ2v) is 4.93. The Kier molecular flexibility index (Phi) is 4.24. The molecule has 2 aromatic heterocycles. The third-order valence-electron chi connectivity index (χ3n) is 3.33. The van der Waals surface area contributed by atoms with Crippen LogP contribution in [0.4, 0.5) is 5.69 Å². The standard InChI is InChI=1S/C17H14N4O2/c22-21(23)16-8-6-15(19-12-16)7-9-17-18-10-11-20(17)13-14-4-2-1-3-5-14/h1-12H,13H2. The van der Waals surface area contributed by atoms with Crippen molar-refractivity contribution in [1.82, 2.24) is 14.5 Å². The van der Waals surface area contributed by atoms with Crippen LogP contribution in [0.2, 0.25) is 0 Å². The van der Waals surface area contributed by atoms with E-state index >= 15 is 0 Å². The molecule has 0 aliphatic heterocycles. The normalized spacial score (nSPS) is 11.0. The molecule has 0 spiro atoms. The predicted molar refractivity (Wildman–Crippen MR) is 87.6 cm³/mol. The van der Waals surface area contributed by atoms with Crippen molar-refractivity contribution in [2.75, 3.05) is 0 Å². The van der Waals surface area contributed by atoms with E-state index in [1.807, 2.05) is 35.0 Å². The lowest BCUT2D eigenvalue weighted by Gasteiger charge is -2.05. The highest BCUT2D eigenvalue weighted by Gasteiger charge is 2.04. The lowest BCUT2D eigenvalue weighted by atomic mass is 10.2. The van der Waals surface area contributed by atoms with Crippen molar-refractivity contribution in [3.63, 3.8) is 0 Å². The minimum absolute atomic E-state index is 0.0206. The molecule has 0 atom stereocenters. The second-order valence-electron chi connectivity index (χ2n) is 4.93. The zero-order valence-electron chi connectivity index (χ0n) is 12.2. The van der Waals surface area contributed by atoms with Gasteiger partial charge in [-0.05, 0) is 23.8 Å². The summed E-state index contributed by atoms with van der Waals surface area (Å²) in [6.45, 7) is 0.730. The summed E-state index contributed by atoms with van der Waals surface area (Å²) < 4.78 is 2.03. The van der Waals surface area contributed by atoms with Crippen LogP contribution in [0.15, 0.2) is 61.1 Å². The lowest BCUT2D eigenvalue weighted by molar-refractivity contribution is -0.385. The maximum atomic E-state index is 10.6. The summed E-state index contributed by atoms with van der Waals surface area (Å²) in [6, 6.07) is 13.2. The van der Waals surface area contributed by atoms with Crippen molar-refractivity contribution in [3.05, 3.63) is 88.3 Å². The van der Waals surface area contributed by atoms with Crippen molar-refractivity contribution in [3.8, 4) is 0 Å². The smallest absolute Gasteiger partial charge is 0.287 e. The van der Waals surface area contributed by atoms with Crippen LogP contribution in [-0.4, -0.2) is 19.5 Å². The maximum Gasteiger partial charge on any atom is 0.287 e. The lowest BCUT2D eigenvalue weighted by Crippen LogP contribution is -2.00. The van der Waals surface area contributed by atoms with Gasteiger partial charge in [0.05, 0.1) is 10.6 Å². The molecule has 0 aliphatic carbocycles. The number of hydrogen-bond donors (Lipinski definition) is 0. The van der Waals surface area contributed by atoms with Crippen LogP contribution in [0.1, 0.15) is 17.1 Å². The fraction of sp³-hybridized carbons (Fsp3) is 0.0588. The molecule has 2 heterocycles. The highest BCUT2D eigenvalue weighted by molar-refractivity contribution is 5.65. The molecule has 0 unspecified atom stereocenters. The van der Waals surface area contributed by atoms with Crippen molar-refractivity contribution in [1.29, 1.82) is 0 Å². The van der Waals surface area contributed by atoms with Crippen LogP contribution in [0.25, 0.3) is 12.2 Å². The van der Waals surface area contributed by atoms with Gasteiger partial charge in [-0.3, -0.25) is 10.1 Å². The van der Waals surface area contributed by atoms with Crippen LogP contribution in [0.5, 0.6) is 0 Å². The van der Waals surface area contributed by atoms with Gasteiger partial charge in [-0.2, -0.15) is 0 Å². The molecule has 3 aromatic rings. The first-order valence-corrected chi connectivity index (χ1v) is 7.06. The number of aromatic nitrogens is 3. The number of rotatable bonds is 5. The zero-order chi connectivity index (χ0) is 16.1. The van der Waals surface area contributed by atoms with E-state index in [4.69, 9.17) is 0 Å². The van der Waals surface area contributed by atoms with Gasteiger partial charge in [-0.25, -0.2) is 9.97 Å². The van der Waals surface area contributed by atoms with E-state index in [-0.39, 0.29) is 5.69 Å². The van der Waals surface area contributed by atoms with E-state index in [0.29, 0.717) is 5.69 Å². The predicted octanol–water partition coefficient (Wildman–Crippen LogP) is 3.41. The average Bonchev–Trinajstić information content (AvgIpc) is 3.01. The van der Waals surface area contributed by atoms with Crippen molar-refractivity contribution >= 4 is 17.8 Å². The van der Waals surface area contributed by atoms with E-state index in [2.05, 4.69) is 22.1 Å². The fourth-order valence-corrected chi connectivity index (χ4v) is 2.16. The summed E-state index contributed by atoms with van der Waals surface area (Å²) in [7, 11) is 0. The second kappa shape index (κ2) is 6.65. The SMILES string of the molecule is O=[N+]([O-])c1ccc(C=Cc2nccn2Cc2ccccc2)nc1. The minimum Gasteiger partial charge on any atom is -0.327 e. The molecule has 0 bridgehead atoms. The van der Waals surface area contributed by atoms with Crippen LogP contribution < -0.4 is 0 Å². The molecule has 0 aliphatic rings. The van der Waals surface area contributed by atoms with E-state index in [1.165, 1.54) is 17.8 Å². The average molecular weight is 306 g/mol. The summed E-state index contributed by atoms with van der Waals surface area (Å²) >= 11 is 0. The Morgan fingerprint density at radius 2 is 1.91 bits per heavy atom. The highest BCUT2D eigenvalue weighted by atomic mass is 16.6. The van der Waals surface area contributed by atoms with Crippen molar-refractivity contribution in [2.45, 2.75) is 6.54 Å². The molecule has 3 rings (SSSR count). The van der Waals surface area contributed by atoms with Crippen molar-refractivity contribution in [2.24, 2.45) is 0 Å². The Bertz CT molecular complexity index is 823. The first kappa shape index (κ1) is 14.6. The zero-order valence-corrected chi connectivity index (χ0v) is 12.2. The fourth-order valence-electron chi connectivity index (χ4n) is 2.16. The molecule has 0 saturated heterocycles. The van der Waals surface area contributed by atoms with Gasteiger partial charge in [0.15, 0.2) is 0 Å². The van der Waals surface area contributed by atoms with Gasteiger partial charge in [0, 0.05) is 25.0 Å². The summed E-state index contributed by atoms with van der Waals surface area (Å²) in [5, 5.41) is 10.6. The summed E-state index contributed by atoms with van der Waals surface area (Å²) in [4.78, 5) is 18.5. The van der Waals surface area contributed by atoms with E-state index in [9.17, 15) is 10.1 Å². The largest absolute Gasteiger partial charge is 0.327 e. The molecule has 0 saturated carbocycles. The molecule has 0 fully saturated rings. The number of imidazole rings is 1. The van der Waals surface area contributed by atoms with Crippen LogP contribution in [0.3, 0.4) is 0 Å². The first-order chi connectivity index (χ1) is 11.2. The molecule has 1 aromatic carbocycles. The molecule has 6 heteroatoms. The van der Waals surface area contributed by atoms with E-state index < -0.39 is 4.92 Å². The number of hydrogen-bond acceptors (Lipinski definition) is 4. The van der Waals surface area contributed by atoms with Gasteiger partial charge >= 0.3 is 0 Å². The van der Waals surface area contributed by atoms with Crippen LogP contribution in [0, 0.1) is 10.1 Å². The number of nitrogens with zero attached hydrogens (tertiary/aromatic N) is 4. The number of benzene rings is 1. The first-order valence-electron chi connectivity index (χ1n) is 7.06. The Balaban J connectivity index is 1.75. The Morgan fingerprint density at radius 1 is 1.09 bits per heavy atom. The topological polar surface area (TPSA) is 73.8 Å². The molecule has 6 nitrogen and oxygen atoms in total. The van der Waals surface area contributed by atoms with E-state index in [0.717, 1.165) is 12.4 Å². The minimum atomic E-state index is -0.465. The van der Waals surface area contributed by atoms with Gasteiger partial charge in [0.1, 0.15) is 12.0 Å². The van der Waals surface area contributed by atoms with E-state index in [1.54, 1.807) is 18.3 Å². The van der Waals surface area contributed by atoms with Gasteiger partial charge in [0.25, 0.3) is 5.69 Å². The monoisotopic (exact) mass is 306 g/mol. The highest BCUT2D eigenvalue weighted by Crippen LogP contribution is 2.12. The molecule has 23 heavy (non-hydrogen) atoms. The molecule has 0 radical (unpaired) electrons. The maximum absolute atomic E-state index is 10.6. The van der Waals surface area contributed by atoms with Gasteiger partial charge in [-0.1, -0.05) is 30.3 Å². The molecular weight excluding hydrogens is 292 g/mol. The summed E-state index contributed by atoms with van der Waals surface area (Å²) in [5.41, 5.74) is 1.81. The summed E-state index contributed by atoms with van der Waals surface area (Å²) in [6.07, 6.45) is 8.53. The van der Waals surface area contributed by atoms with Gasteiger partial charge in [-0.15, -0.1) is 0 Å². The Labute approximate surface area is 132 Å². The molecule has 0 amide bonds. The molecule has 114 valence electrons. The summed E-state index contributed by atoms with van der Waals surface area (Å²) in [5.74, 6) is 0.800. The molecule has 0 N–H and O–H groups in total. The Hall–Kier alpha value is -3.28. The van der Waals surface area contributed by atoms with Crippen LogP contribution in [-0.2, 0) is 6.54 Å². The van der Waals surface area contributed by atoms with Gasteiger partial charge in [0.2, 0.25) is 0 Å². The quantitative estimate of drug-likeness (QED) is 0.535. The molecular formula is C17H14N4O2.